The molecule has 0 N–H and O–H groups in total. The van der Waals surface area contributed by atoms with E-state index in [2.05, 4.69) is 313 Å². The summed E-state index contributed by atoms with van der Waals surface area (Å²) in [7, 11) is 0. The molecule has 1 aliphatic carbocycles. The number of rotatable bonds is 7. The number of hydrogen-bond acceptors (Lipinski definition) is 2. The van der Waals surface area contributed by atoms with Crippen LogP contribution in [0, 0.1) is 0 Å². The van der Waals surface area contributed by atoms with E-state index in [0.29, 0.717) is 5.82 Å². The SMILES string of the molecule is CC1(C)c2ccccc2-c2ccc(-n3c4ccccc4c4cc(-c5ccc6c(c5)c5cc(-c7ccc8c(c7)c7ccccc7n8-c7ccccc7)ccc5n6-c5cccc(-c6nc(-c7ccccc7)c7ccc8ccccc8c7n6)c5)ccc43)cc21. The number of benzene rings is 13. The molecule has 1 aliphatic rings. The molecule has 0 unspecified atom stereocenters. The van der Waals surface area contributed by atoms with Gasteiger partial charge in [-0.2, -0.15) is 0 Å². The minimum Gasteiger partial charge on any atom is -0.309 e. The van der Waals surface area contributed by atoms with Gasteiger partial charge in [-0.25, -0.2) is 9.97 Å². The Morgan fingerprint density at radius 3 is 1.36 bits per heavy atom. The van der Waals surface area contributed by atoms with E-state index in [0.717, 1.165) is 72.0 Å². The molecule has 0 amide bonds. The van der Waals surface area contributed by atoms with Crippen LogP contribution in [0.1, 0.15) is 25.0 Å². The van der Waals surface area contributed by atoms with E-state index in [1.807, 2.05) is 0 Å². The predicted octanol–water partition coefficient (Wildman–Crippen LogP) is 21.0. The average Bonchev–Trinajstić information content (AvgIpc) is 1.89. The molecule has 0 saturated carbocycles. The molecule has 4 aromatic heterocycles. The largest absolute Gasteiger partial charge is 0.309 e. The van der Waals surface area contributed by atoms with Gasteiger partial charge < -0.3 is 13.7 Å². The highest BCUT2D eigenvalue weighted by atomic mass is 15.0. The minimum atomic E-state index is -0.106. The van der Waals surface area contributed by atoms with Crippen LogP contribution in [0.15, 0.2) is 285 Å². The Bertz CT molecular complexity index is 5680. The highest BCUT2D eigenvalue weighted by molar-refractivity contribution is 6.15. The zero-order chi connectivity index (χ0) is 56.8. The molecule has 0 fully saturated rings. The second kappa shape index (κ2) is 18.4. The lowest BCUT2D eigenvalue weighted by molar-refractivity contribution is 0.660. The summed E-state index contributed by atoms with van der Waals surface area (Å²) in [5.74, 6) is 0.686. The van der Waals surface area contributed by atoms with Crippen molar-refractivity contribution in [2.75, 3.05) is 0 Å². The van der Waals surface area contributed by atoms with Gasteiger partial charge in [-0.05, 0) is 153 Å². The second-order valence-electron chi connectivity index (χ2n) is 23.7. The lowest BCUT2D eigenvalue weighted by atomic mass is 9.82. The molecule has 13 aromatic carbocycles. The van der Waals surface area contributed by atoms with Crippen molar-refractivity contribution in [3.63, 3.8) is 0 Å². The summed E-state index contributed by atoms with van der Waals surface area (Å²) in [6.45, 7) is 4.72. The molecule has 0 atom stereocenters. The first-order valence-electron chi connectivity index (χ1n) is 29.7. The van der Waals surface area contributed by atoms with Gasteiger partial charge in [0.1, 0.15) is 0 Å². The van der Waals surface area contributed by atoms with E-state index in [1.54, 1.807) is 0 Å². The third-order valence-corrected chi connectivity index (χ3v) is 18.6. The first-order chi connectivity index (χ1) is 42.4. The first kappa shape index (κ1) is 48.4. The predicted molar refractivity (Wildman–Crippen MR) is 359 cm³/mol. The average molecular weight is 1100 g/mol. The van der Waals surface area contributed by atoms with Crippen molar-refractivity contribution in [2.24, 2.45) is 0 Å². The van der Waals surface area contributed by atoms with Crippen LogP contribution in [-0.4, -0.2) is 23.7 Å². The summed E-state index contributed by atoms with van der Waals surface area (Å²) in [6, 6.07) is 105. The standard InChI is InChI=1S/C81H53N5/c1-81(2)70-29-14-11-26-61(70)62-39-37-59(49-71(62)81)86-73-31-16-13-28-64(73)67-46-53(34-41-75(67)86)55-36-43-77-69(48-55)68-47-54(52-33-40-74-66(45-52)63-27-12-15-30-72(63)84(74)57-22-7-4-8-23-57)35-42-76(68)85(77)58-24-17-21-56(44-58)80-82-78(51-19-5-3-6-20-51)65-38-32-50-18-9-10-25-60(50)79(65)83-80/h3-49H,1-2H3. The third-order valence-electron chi connectivity index (χ3n) is 18.6. The van der Waals surface area contributed by atoms with Crippen molar-refractivity contribution in [1.82, 2.24) is 23.7 Å². The second-order valence-corrected chi connectivity index (χ2v) is 23.7. The van der Waals surface area contributed by atoms with E-state index >= 15 is 0 Å². The van der Waals surface area contributed by atoms with Gasteiger partial charge in [0.05, 0.1) is 44.3 Å². The van der Waals surface area contributed by atoms with Crippen molar-refractivity contribution >= 4 is 87.1 Å². The zero-order valence-corrected chi connectivity index (χ0v) is 47.4. The van der Waals surface area contributed by atoms with E-state index in [1.165, 1.54) is 93.5 Å². The Kier molecular flexibility index (Phi) is 10.4. The van der Waals surface area contributed by atoms with Crippen molar-refractivity contribution < 1.29 is 0 Å². The fourth-order valence-corrected chi connectivity index (χ4v) is 14.5. The maximum Gasteiger partial charge on any atom is 0.160 e. The lowest BCUT2D eigenvalue weighted by Gasteiger charge is -2.22. The summed E-state index contributed by atoms with van der Waals surface area (Å²) < 4.78 is 7.28. The van der Waals surface area contributed by atoms with Gasteiger partial charge in [-0.1, -0.05) is 196 Å². The molecule has 402 valence electrons. The molecule has 18 rings (SSSR count). The monoisotopic (exact) mass is 1100 g/mol. The van der Waals surface area contributed by atoms with Gasteiger partial charge >= 0.3 is 0 Å². The molecule has 5 nitrogen and oxygen atoms in total. The number of hydrogen-bond donors (Lipinski definition) is 0. The van der Waals surface area contributed by atoms with Crippen LogP contribution in [-0.2, 0) is 5.41 Å². The Labute approximate surface area is 496 Å². The summed E-state index contributed by atoms with van der Waals surface area (Å²) in [5, 5.41) is 10.6. The topological polar surface area (TPSA) is 40.6 Å². The van der Waals surface area contributed by atoms with Gasteiger partial charge in [-0.3, -0.25) is 0 Å². The molecule has 0 saturated heterocycles. The van der Waals surface area contributed by atoms with E-state index in [-0.39, 0.29) is 5.41 Å². The molecular weight excluding hydrogens is 1040 g/mol. The van der Waals surface area contributed by atoms with E-state index in [4.69, 9.17) is 9.97 Å². The molecule has 4 heterocycles. The molecule has 5 heteroatoms. The quantitative estimate of drug-likeness (QED) is 0.149. The van der Waals surface area contributed by atoms with Gasteiger partial charge in [0.2, 0.25) is 0 Å². The van der Waals surface area contributed by atoms with Gasteiger partial charge in [0, 0.05) is 76.7 Å². The number of aromatic nitrogens is 5. The first-order valence-corrected chi connectivity index (χ1v) is 29.7. The van der Waals surface area contributed by atoms with Crippen LogP contribution >= 0.6 is 0 Å². The Morgan fingerprint density at radius 2 is 0.733 bits per heavy atom. The summed E-state index contributed by atoms with van der Waals surface area (Å²) in [5.41, 5.74) is 24.2. The van der Waals surface area contributed by atoms with Gasteiger partial charge in [-0.15, -0.1) is 0 Å². The molecule has 0 radical (unpaired) electrons. The highest BCUT2D eigenvalue weighted by Crippen LogP contribution is 2.50. The van der Waals surface area contributed by atoms with Crippen molar-refractivity contribution in [2.45, 2.75) is 19.3 Å². The van der Waals surface area contributed by atoms with Crippen LogP contribution in [0.5, 0.6) is 0 Å². The maximum absolute atomic E-state index is 5.42. The molecule has 86 heavy (non-hydrogen) atoms. The summed E-state index contributed by atoms with van der Waals surface area (Å²) >= 11 is 0. The molecular formula is C81H53N5. The fraction of sp³-hybridized carbons (Fsp3) is 0.0370. The molecule has 17 aromatic rings. The smallest absolute Gasteiger partial charge is 0.160 e. The van der Waals surface area contributed by atoms with Crippen molar-refractivity contribution in [3.8, 4) is 73.1 Å². The van der Waals surface area contributed by atoms with Crippen LogP contribution in [0.2, 0.25) is 0 Å². The number of fused-ring (bicyclic) bond motifs is 15. The van der Waals surface area contributed by atoms with Gasteiger partial charge in [0.15, 0.2) is 5.82 Å². The van der Waals surface area contributed by atoms with Crippen molar-refractivity contribution in [3.05, 3.63) is 296 Å². The van der Waals surface area contributed by atoms with E-state index in [9.17, 15) is 0 Å². The van der Waals surface area contributed by atoms with Crippen LogP contribution in [0.25, 0.3) is 160 Å². The van der Waals surface area contributed by atoms with Crippen LogP contribution in [0.4, 0.5) is 0 Å². The van der Waals surface area contributed by atoms with E-state index < -0.39 is 0 Å². The Hall–Kier alpha value is -11.1. The summed E-state index contributed by atoms with van der Waals surface area (Å²) in [4.78, 5) is 10.8. The Balaban J connectivity index is 0.819. The molecule has 0 spiro atoms. The normalized spacial score (nSPS) is 12.9. The molecule has 0 bridgehead atoms. The minimum absolute atomic E-state index is 0.106. The summed E-state index contributed by atoms with van der Waals surface area (Å²) in [6.07, 6.45) is 0. The van der Waals surface area contributed by atoms with Gasteiger partial charge in [0.25, 0.3) is 0 Å². The van der Waals surface area contributed by atoms with Crippen LogP contribution in [0.3, 0.4) is 0 Å². The number of para-hydroxylation sites is 3. The van der Waals surface area contributed by atoms with Crippen molar-refractivity contribution in [1.29, 1.82) is 0 Å². The highest BCUT2D eigenvalue weighted by Gasteiger charge is 2.35. The number of nitrogens with zero attached hydrogens (tertiary/aromatic N) is 5. The zero-order valence-electron chi connectivity index (χ0n) is 47.4. The molecule has 0 aliphatic heterocycles. The fourth-order valence-electron chi connectivity index (χ4n) is 14.5. The lowest BCUT2D eigenvalue weighted by Crippen LogP contribution is -2.15. The maximum atomic E-state index is 5.42. The Morgan fingerprint density at radius 1 is 0.267 bits per heavy atom. The van der Waals surface area contributed by atoms with Crippen LogP contribution < -0.4 is 0 Å². The third kappa shape index (κ3) is 7.18.